The molecule has 146 valence electrons. The van der Waals surface area contributed by atoms with Crippen molar-refractivity contribution in [1.29, 1.82) is 0 Å². The van der Waals surface area contributed by atoms with E-state index in [1.807, 2.05) is 19.1 Å². The zero-order valence-electron chi connectivity index (χ0n) is 15.1. The number of hydrogen-bond donors (Lipinski definition) is 1. The summed E-state index contributed by atoms with van der Waals surface area (Å²) in [6, 6.07) is 7.18. The van der Waals surface area contributed by atoms with Gasteiger partial charge in [-0.05, 0) is 49.4 Å². The topological polar surface area (TPSA) is 64.6 Å². The quantitative estimate of drug-likeness (QED) is 0.400. The largest absolute Gasteiger partial charge is 0.494 e. The van der Waals surface area contributed by atoms with Crippen molar-refractivity contribution in [3.8, 4) is 5.75 Å². The molecule has 0 spiro atoms. The third-order valence-electron chi connectivity index (χ3n) is 5.09. The lowest BCUT2D eigenvalue weighted by atomic mass is 9.82. The number of hydrogen-bond acceptors (Lipinski definition) is 4. The van der Waals surface area contributed by atoms with Gasteiger partial charge < -0.3 is 14.8 Å². The Hall–Kier alpha value is -1.72. The van der Waals surface area contributed by atoms with Gasteiger partial charge in [-0.15, -0.1) is 23.2 Å². The summed E-state index contributed by atoms with van der Waals surface area (Å²) in [7, 11) is 0. The van der Waals surface area contributed by atoms with Crippen LogP contribution in [0, 0.1) is 23.7 Å². The number of anilines is 1. The number of carbonyl (C=O) groups is 2. The number of alkyl halides is 2. The molecule has 2 bridgehead atoms. The van der Waals surface area contributed by atoms with E-state index >= 15 is 0 Å². The average Bonchev–Trinajstić information content (AvgIpc) is 3.29. The summed E-state index contributed by atoms with van der Waals surface area (Å²) < 4.78 is 10.8. The molecule has 1 aromatic rings. The Labute approximate surface area is 169 Å². The first-order valence-corrected chi connectivity index (χ1v) is 10.2. The van der Waals surface area contributed by atoms with Gasteiger partial charge in [0.1, 0.15) is 11.9 Å². The maximum absolute atomic E-state index is 12.9. The van der Waals surface area contributed by atoms with E-state index in [4.69, 9.17) is 32.7 Å². The molecule has 0 saturated heterocycles. The van der Waals surface area contributed by atoms with Crippen LogP contribution in [0.15, 0.2) is 36.4 Å². The molecule has 0 aliphatic heterocycles. The minimum absolute atomic E-state index is 0.0184. The third kappa shape index (κ3) is 4.41. The van der Waals surface area contributed by atoms with E-state index in [1.54, 1.807) is 24.3 Å². The fourth-order valence-electron chi connectivity index (χ4n) is 3.87. The van der Waals surface area contributed by atoms with Crippen molar-refractivity contribution in [1.82, 2.24) is 0 Å². The van der Waals surface area contributed by atoms with Crippen LogP contribution >= 0.6 is 23.2 Å². The average molecular weight is 412 g/mol. The number of rotatable bonds is 8. The Morgan fingerprint density at radius 3 is 2.33 bits per heavy atom. The molecule has 27 heavy (non-hydrogen) atoms. The molecule has 0 heterocycles. The van der Waals surface area contributed by atoms with Gasteiger partial charge in [0.15, 0.2) is 0 Å². The van der Waals surface area contributed by atoms with Gasteiger partial charge in [-0.1, -0.05) is 12.2 Å². The van der Waals surface area contributed by atoms with Gasteiger partial charge in [0.05, 0.1) is 30.2 Å². The maximum Gasteiger partial charge on any atom is 0.310 e. The molecule has 5 nitrogen and oxygen atoms in total. The van der Waals surface area contributed by atoms with Crippen molar-refractivity contribution in [2.75, 3.05) is 23.7 Å². The van der Waals surface area contributed by atoms with Gasteiger partial charge >= 0.3 is 5.97 Å². The van der Waals surface area contributed by atoms with Gasteiger partial charge in [-0.2, -0.15) is 0 Å². The zero-order valence-corrected chi connectivity index (χ0v) is 16.6. The number of allylic oxidation sites excluding steroid dienone is 2. The van der Waals surface area contributed by atoms with E-state index in [0.717, 1.165) is 12.2 Å². The van der Waals surface area contributed by atoms with E-state index in [0.29, 0.717) is 12.3 Å². The molecule has 2 aliphatic carbocycles. The van der Waals surface area contributed by atoms with Crippen LogP contribution in [0.4, 0.5) is 5.69 Å². The van der Waals surface area contributed by atoms with Crippen molar-refractivity contribution in [3.05, 3.63) is 36.4 Å². The lowest BCUT2D eigenvalue weighted by Crippen LogP contribution is -2.39. The van der Waals surface area contributed by atoms with Gasteiger partial charge in [0, 0.05) is 5.69 Å². The molecule has 0 aromatic heterocycles. The SMILES string of the molecule is CCOc1ccc(NC(=O)[C@H]2[C@@H](C(=O)OC(CCl)CCl)[C@H]3C=C[C@H]2C3)cc1. The molecule has 4 atom stereocenters. The highest BCUT2D eigenvalue weighted by Crippen LogP contribution is 2.49. The van der Waals surface area contributed by atoms with E-state index in [9.17, 15) is 9.59 Å². The number of nitrogens with one attached hydrogen (secondary N) is 1. The molecule has 0 unspecified atom stereocenters. The summed E-state index contributed by atoms with van der Waals surface area (Å²) in [5.41, 5.74) is 0.668. The number of benzene rings is 1. The van der Waals surface area contributed by atoms with Crippen molar-refractivity contribution in [2.24, 2.45) is 23.7 Å². The second-order valence-electron chi connectivity index (χ2n) is 6.81. The Morgan fingerprint density at radius 2 is 1.74 bits per heavy atom. The molecule has 1 saturated carbocycles. The Morgan fingerprint density at radius 1 is 1.11 bits per heavy atom. The highest BCUT2D eigenvalue weighted by atomic mass is 35.5. The van der Waals surface area contributed by atoms with Crippen LogP contribution in [0.25, 0.3) is 0 Å². The minimum Gasteiger partial charge on any atom is -0.494 e. The van der Waals surface area contributed by atoms with Crippen molar-refractivity contribution >= 4 is 40.8 Å². The maximum atomic E-state index is 12.9. The van der Waals surface area contributed by atoms with Gasteiger partial charge in [0.2, 0.25) is 5.91 Å². The van der Waals surface area contributed by atoms with E-state index in [1.165, 1.54) is 0 Å². The molecule has 0 radical (unpaired) electrons. The van der Waals surface area contributed by atoms with Crippen LogP contribution in [0.2, 0.25) is 0 Å². The number of fused-ring (bicyclic) bond motifs is 2. The predicted octanol–water partition coefficient (Wildman–Crippen LogP) is 3.85. The summed E-state index contributed by atoms with van der Waals surface area (Å²) in [4.78, 5) is 25.6. The van der Waals surface area contributed by atoms with Crippen LogP contribution in [-0.2, 0) is 14.3 Å². The molecule has 1 fully saturated rings. The molecule has 1 N–H and O–H groups in total. The fraction of sp³-hybridized carbons (Fsp3) is 0.500. The van der Waals surface area contributed by atoms with Crippen molar-refractivity contribution in [3.63, 3.8) is 0 Å². The standard InChI is InChI=1S/C20H23Cl2NO4/c1-2-26-15-7-5-14(6-8-15)23-19(24)17-12-3-4-13(9-12)18(17)20(25)27-16(10-21)11-22/h3-8,12-13,16-18H,2,9-11H2,1H3,(H,23,24)/t12-,13-,17+,18-/m0/s1. The highest BCUT2D eigenvalue weighted by Gasteiger charge is 2.52. The summed E-state index contributed by atoms with van der Waals surface area (Å²) in [6.45, 7) is 2.50. The lowest BCUT2D eigenvalue weighted by Gasteiger charge is -2.27. The number of amides is 1. The van der Waals surface area contributed by atoms with Crippen LogP contribution in [0.5, 0.6) is 5.75 Å². The van der Waals surface area contributed by atoms with Gasteiger partial charge in [-0.3, -0.25) is 9.59 Å². The Balaban J connectivity index is 1.70. The monoisotopic (exact) mass is 411 g/mol. The second-order valence-corrected chi connectivity index (χ2v) is 7.43. The molecule has 1 amide bonds. The Bertz CT molecular complexity index is 702. The number of ether oxygens (including phenoxy) is 2. The highest BCUT2D eigenvalue weighted by molar-refractivity contribution is 6.21. The number of halogens is 2. The normalized spacial score (nSPS) is 25.6. The van der Waals surface area contributed by atoms with E-state index in [2.05, 4.69) is 5.32 Å². The minimum atomic E-state index is -0.543. The first-order chi connectivity index (χ1) is 13.1. The molecule has 3 rings (SSSR count). The predicted molar refractivity (Wildman–Crippen MR) is 105 cm³/mol. The molecular formula is C20H23Cl2NO4. The summed E-state index contributed by atoms with van der Waals surface area (Å²) in [5.74, 6) is -0.457. The van der Waals surface area contributed by atoms with E-state index in [-0.39, 0.29) is 29.5 Å². The Kier molecular flexibility index (Phi) is 6.66. The van der Waals surface area contributed by atoms with Gasteiger partial charge in [0.25, 0.3) is 0 Å². The van der Waals surface area contributed by atoms with E-state index < -0.39 is 23.9 Å². The van der Waals surface area contributed by atoms with Crippen LogP contribution in [0.1, 0.15) is 13.3 Å². The number of carbonyl (C=O) groups excluding carboxylic acids is 2. The first kappa shape index (κ1) is 20.0. The number of esters is 1. The lowest BCUT2D eigenvalue weighted by molar-refractivity contribution is -0.156. The summed E-state index contributed by atoms with van der Waals surface area (Å²) in [5, 5.41) is 2.92. The van der Waals surface area contributed by atoms with Crippen molar-refractivity contribution in [2.45, 2.75) is 19.4 Å². The van der Waals surface area contributed by atoms with Crippen LogP contribution in [-0.4, -0.2) is 36.3 Å². The molecular weight excluding hydrogens is 389 g/mol. The third-order valence-corrected chi connectivity index (χ3v) is 5.78. The van der Waals surface area contributed by atoms with Crippen molar-refractivity contribution < 1.29 is 19.1 Å². The molecule has 2 aliphatic rings. The first-order valence-electron chi connectivity index (χ1n) is 9.11. The van der Waals surface area contributed by atoms with Crippen LogP contribution in [0.3, 0.4) is 0 Å². The smallest absolute Gasteiger partial charge is 0.310 e. The van der Waals surface area contributed by atoms with Gasteiger partial charge in [-0.25, -0.2) is 0 Å². The molecule has 1 aromatic carbocycles. The summed E-state index contributed by atoms with van der Waals surface area (Å²) in [6.07, 6.45) is 4.28. The fourth-order valence-corrected chi connectivity index (χ4v) is 4.33. The zero-order chi connectivity index (χ0) is 19.4. The second kappa shape index (κ2) is 8.98. The summed E-state index contributed by atoms with van der Waals surface area (Å²) >= 11 is 11.5. The molecule has 7 heteroatoms. The van der Waals surface area contributed by atoms with Crippen LogP contribution < -0.4 is 10.1 Å².